The molecule has 0 bridgehead atoms. The second-order valence-electron chi connectivity index (χ2n) is 2.14. The van der Waals surface area contributed by atoms with Crippen LogP contribution in [0.25, 0.3) is 0 Å². The molecule has 0 aliphatic heterocycles. The summed E-state index contributed by atoms with van der Waals surface area (Å²) >= 11 is 0. The number of esters is 1. The van der Waals surface area contributed by atoms with Gasteiger partial charge in [0, 0.05) is 6.92 Å². The van der Waals surface area contributed by atoms with Gasteiger partial charge in [0.25, 0.3) is 0 Å². The van der Waals surface area contributed by atoms with Crippen LogP contribution in [0.4, 0.5) is 0 Å². The zero-order valence-electron chi connectivity index (χ0n) is 7.03. The maximum atomic E-state index is 10.8. The Morgan fingerprint density at radius 1 is 1.50 bits per heavy atom. The Bertz CT molecular complexity index is 209. The summed E-state index contributed by atoms with van der Waals surface area (Å²) < 4.78 is 4.55. The molecule has 1 N–H and O–H groups in total. The van der Waals surface area contributed by atoms with Crippen LogP contribution in [-0.2, 0) is 14.3 Å². The third-order valence-electron chi connectivity index (χ3n) is 1.06. The number of ketones is 1. The normalized spacial score (nSPS) is 11.0. The maximum absolute atomic E-state index is 10.8. The molecule has 68 valence electrons. The molecule has 0 aromatic heterocycles. The van der Waals surface area contributed by atoms with Gasteiger partial charge in [-0.3, -0.25) is 4.79 Å². The molecule has 0 rings (SSSR count). The first-order chi connectivity index (χ1) is 5.63. The molecule has 0 saturated carbocycles. The van der Waals surface area contributed by atoms with E-state index in [1.807, 2.05) is 6.92 Å². The number of oxime groups is 1. The fraction of sp³-hybridized carbons (Fsp3) is 0.571. The number of rotatable bonds is 4. The Labute approximate surface area is 70.0 Å². The minimum atomic E-state index is -0.883. The van der Waals surface area contributed by atoms with Gasteiger partial charge in [-0.15, -0.1) is 0 Å². The summed E-state index contributed by atoms with van der Waals surface area (Å²) in [5.74, 6) is -1.49. The van der Waals surface area contributed by atoms with Crippen LogP contribution in [0.2, 0.25) is 0 Å². The van der Waals surface area contributed by atoms with Crippen molar-refractivity contribution in [2.24, 2.45) is 5.16 Å². The summed E-state index contributed by atoms with van der Waals surface area (Å²) in [6, 6.07) is 0. The first-order valence-electron chi connectivity index (χ1n) is 3.53. The molecular weight excluding hydrogens is 162 g/mol. The van der Waals surface area contributed by atoms with Crippen molar-refractivity contribution in [3.05, 3.63) is 0 Å². The van der Waals surface area contributed by atoms with Crippen molar-refractivity contribution < 1.29 is 19.5 Å². The van der Waals surface area contributed by atoms with Gasteiger partial charge in [-0.25, -0.2) is 4.79 Å². The summed E-state index contributed by atoms with van der Waals surface area (Å²) in [4.78, 5) is 21.4. The van der Waals surface area contributed by atoms with Gasteiger partial charge in [-0.1, -0.05) is 12.1 Å². The predicted octanol–water partition coefficient (Wildman–Crippen LogP) is 0.359. The summed E-state index contributed by atoms with van der Waals surface area (Å²) in [6.45, 7) is 3.16. The molecule has 0 amide bonds. The van der Waals surface area contributed by atoms with Crippen LogP contribution in [0.5, 0.6) is 0 Å². The number of hydrogen-bond donors (Lipinski definition) is 1. The molecule has 0 heterocycles. The number of nitrogens with zero attached hydrogens (tertiary/aromatic N) is 1. The van der Waals surface area contributed by atoms with Crippen LogP contribution >= 0.6 is 0 Å². The third-order valence-corrected chi connectivity index (χ3v) is 1.06. The van der Waals surface area contributed by atoms with Crippen LogP contribution in [0.3, 0.4) is 0 Å². The van der Waals surface area contributed by atoms with Gasteiger partial charge >= 0.3 is 5.97 Å². The van der Waals surface area contributed by atoms with E-state index in [4.69, 9.17) is 5.21 Å². The minimum Gasteiger partial charge on any atom is -0.461 e. The van der Waals surface area contributed by atoms with E-state index in [1.54, 1.807) is 0 Å². The number of Topliss-reactive ketones (excluding diaryl/α,β-unsaturated/α-hetero) is 1. The highest BCUT2D eigenvalue weighted by molar-refractivity contribution is 6.63. The summed E-state index contributed by atoms with van der Waals surface area (Å²) in [7, 11) is 0. The largest absolute Gasteiger partial charge is 0.461 e. The summed E-state index contributed by atoms with van der Waals surface area (Å²) in [6.07, 6.45) is 0.655. The highest BCUT2D eigenvalue weighted by Crippen LogP contribution is 1.88. The van der Waals surface area contributed by atoms with E-state index in [1.165, 1.54) is 0 Å². The van der Waals surface area contributed by atoms with Crippen molar-refractivity contribution >= 4 is 17.5 Å². The Balaban J connectivity index is 4.15. The van der Waals surface area contributed by atoms with Gasteiger partial charge in [0.05, 0.1) is 6.61 Å². The lowest BCUT2D eigenvalue weighted by atomic mass is 10.3. The monoisotopic (exact) mass is 173 g/mol. The maximum Gasteiger partial charge on any atom is 0.364 e. The Morgan fingerprint density at radius 2 is 2.08 bits per heavy atom. The molecule has 0 spiro atoms. The Kier molecular flexibility index (Phi) is 4.67. The zero-order valence-corrected chi connectivity index (χ0v) is 7.03. The van der Waals surface area contributed by atoms with E-state index in [0.717, 1.165) is 6.92 Å². The van der Waals surface area contributed by atoms with E-state index in [0.29, 0.717) is 6.42 Å². The molecule has 0 aromatic rings. The predicted molar refractivity (Wildman–Crippen MR) is 41.2 cm³/mol. The van der Waals surface area contributed by atoms with E-state index in [-0.39, 0.29) is 6.61 Å². The van der Waals surface area contributed by atoms with E-state index >= 15 is 0 Å². The van der Waals surface area contributed by atoms with Crippen molar-refractivity contribution in [2.75, 3.05) is 6.61 Å². The van der Waals surface area contributed by atoms with Crippen molar-refractivity contribution in [2.45, 2.75) is 20.3 Å². The topological polar surface area (TPSA) is 76.0 Å². The molecule has 5 heteroatoms. The molecule has 0 fully saturated rings. The van der Waals surface area contributed by atoms with E-state index in [9.17, 15) is 9.59 Å². The molecule has 0 aliphatic rings. The molecule has 0 aliphatic carbocycles. The molecule has 5 nitrogen and oxygen atoms in total. The number of hydrogen-bond acceptors (Lipinski definition) is 5. The second-order valence-corrected chi connectivity index (χ2v) is 2.14. The molecule has 0 radical (unpaired) electrons. The average Bonchev–Trinajstić information content (AvgIpc) is 2.01. The molecule has 0 saturated heterocycles. The molecule has 12 heavy (non-hydrogen) atoms. The SMILES string of the molecule is CCCOC(=O)/C(=N\O)C(C)=O. The molecule has 0 aromatic carbocycles. The number of carbonyl (C=O) groups is 2. The van der Waals surface area contributed by atoms with Crippen LogP contribution < -0.4 is 0 Å². The van der Waals surface area contributed by atoms with Crippen molar-refractivity contribution in [3.8, 4) is 0 Å². The van der Waals surface area contributed by atoms with Crippen LogP contribution in [0, 0.1) is 0 Å². The van der Waals surface area contributed by atoms with E-state index in [2.05, 4.69) is 9.89 Å². The zero-order chi connectivity index (χ0) is 9.56. The van der Waals surface area contributed by atoms with Gasteiger partial charge in [-0.05, 0) is 6.42 Å². The van der Waals surface area contributed by atoms with Gasteiger partial charge < -0.3 is 9.94 Å². The summed E-state index contributed by atoms with van der Waals surface area (Å²) in [5.41, 5.74) is -0.566. The average molecular weight is 173 g/mol. The fourth-order valence-electron chi connectivity index (χ4n) is 0.518. The van der Waals surface area contributed by atoms with Gasteiger partial charge in [0.15, 0.2) is 5.78 Å². The second kappa shape index (κ2) is 5.29. The van der Waals surface area contributed by atoms with Gasteiger partial charge in [-0.2, -0.15) is 0 Å². The minimum absolute atomic E-state index is 0.213. The molecule has 0 atom stereocenters. The Morgan fingerprint density at radius 3 is 2.42 bits per heavy atom. The lowest BCUT2D eigenvalue weighted by molar-refractivity contribution is -0.136. The molecular formula is C7H11NO4. The first kappa shape index (κ1) is 10.6. The summed E-state index contributed by atoms with van der Waals surface area (Å²) in [5, 5.41) is 10.8. The highest BCUT2D eigenvalue weighted by atomic mass is 16.5. The van der Waals surface area contributed by atoms with Gasteiger partial charge in [0.1, 0.15) is 0 Å². The first-order valence-corrected chi connectivity index (χ1v) is 3.53. The smallest absolute Gasteiger partial charge is 0.364 e. The molecule has 0 unspecified atom stereocenters. The van der Waals surface area contributed by atoms with Crippen molar-refractivity contribution in [1.82, 2.24) is 0 Å². The fourth-order valence-corrected chi connectivity index (χ4v) is 0.518. The van der Waals surface area contributed by atoms with Crippen molar-refractivity contribution in [1.29, 1.82) is 0 Å². The Hall–Kier alpha value is -1.39. The lowest BCUT2D eigenvalue weighted by Crippen LogP contribution is -2.24. The quantitative estimate of drug-likeness (QED) is 0.219. The van der Waals surface area contributed by atoms with E-state index < -0.39 is 17.5 Å². The number of ether oxygens (including phenoxy) is 1. The van der Waals surface area contributed by atoms with Crippen LogP contribution in [-0.4, -0.2) is 29.3 Å². The van der Waals surface area contributed by atoms with Crippen molar-refractivity contribution in [3.63, 3.8) is 0 Å². The number of carbonyl (C=O) groups excluding carboxylic acids is 2. The standard InChI is InChI=1S/C7H11NO4/c1-3-4-12-7(10)6(8-11)5(2)9/h11H,3-4H2,1-2H3/b8-6-. The highest BCUT2D eigenvalue weighted by Gasteiger charge is 2.18. The third kappa shape index (κ3) is 3.14. The van der Waals surface area contributed by atoms with Crippen LogP contribution in [0.1, 0.15) is 20.3 Å². The van der Waals surface area contributed by atoms with Crippen LogP contribution in [0.15, 0.2) is 5.16 Å². The lowest BCUT2D eigenvalue weighted by Gasteiger charge is -2.00. The van der Waals surface area contributed by atoms with Gasteiger partial charge in [0.2, 0.25) is 5.71 Å².